The minimum atomic E-state index is 0.449. The lowest BCUT2D eigenvalue weighted by Crippen LogP contribution is -2.45. The van der Waals surface area contributed by atoms with E-state index < -0.39 is 0 Å². The van der Waals surface area contributed by atoms with Gasteiger partial charge in [-0.3, -0.25) is 0 Å². The molecule has 1 aromatic rings. The van der Waals surface area contributed by atoms with Gasteiger partial charge in [0.2, 0.25) is 0 Å². The van der Waals surface area contributed by atoms with Gasteiger partial charge in [-0.15, -0.1) is 0 Å². The van der Waals surface area contributed by atoms with Crippen molar-refractivity contribution in [2.75, 3.05) is 0 Å². The molecule has 0 spiro atoms. The molecule has 1 unspecified atom stereocenters. The lowest BCUT2D eigenvalue weighted by molar-refractivity contribution is 0.0799. The molecule has 0 heterocycles. The average Bonchev–Trinajstić information content (AvgIpc) is 2.33. The highest BCUT2D eigenvalue weighted by molar-refractivity contribution is 5.24. The predicted molar refractivity (Wildman–Crippen MR) is 92.5 cm³/mol. The zero-order valence-electron chi connectivity index (χ0n) is 14.8. The van der Waals surface area contributed by atoms with Gasteiger partial charge in [-0.05, 0) is 49.0 Å². The van der Waals surface area contributed by atoms with E-state index >= 15 is 0 Å². The van der Waals surface area contributed by atoms with Crippen LogP contribution in [-0.4, -0.2) is 6.04 Å². The van der Waals surface area contributed by atoms with Crippen molar-refractivity contribution in [2.45, 2.75) is 79.3 Å². The van der Waals surface area contributed by atoms with Crippen molar-refractivity contribution in [3.63, 3.8) is 0 Å². The molecule has 0 saturated heterocycles. The fraction of sp³-hybridized carbons (Fsp3) is 0.700. The molecule has 1 aliphatic rings. The second-order valence-corrected chi connectivity index (χ2v) is 8.65. The number of rotatable bonds is 4. The molecular weight excluding hydrogens is 254 g/mol. The van der Waals surface area contributed by atoms with Crippen molar-refractivity contribution >= 4 is 0 Å². The summed E-state index contributed by atoms with van der Waals surface area (Å²) in [5, 5.41) is 3.95. The van der Waals surface area contributed by atoms with Gasteiger partial charge in [-0.1, -0.05) is 64.4 Å². The van der Waals surface area contributed by atoms with Crippen LogP contribution in [0.15, 0.2) is 24.3 Å². The molecule has 1 aromatic carbocycles. The third kappa shape index (κ3) is 4.57. The molecule has 1 nitrogen and oxygen atoms in total. The summed E-state index contributed by atoms with van der Waals surface area (Å²) >= 11 is 0. The van der Waals surface area contributed by atoms with E-state index in [1.54, 1.807) is 0 Å². The first-order chi connectivity index (χ1) is 9.71. The Morgan fingerprint density at radius 3 is 2.05 bits per heavy atom. The Balaban J connectivity index is 2.09. The van der Waals surface area contributed by atoms with Gasteiger partial charge in [0.25, 0.3) is 0 Å². The molecule has 0 bridgehead atoms. The summed E-state index contributed by atoms with van der Waals surface area (Å²) in [6, 6.07) is 10.2. The Morgan fingerprint density at radius 1 is 1.05 bits per heavy atom. The van der Waals surface area contributed by atoms with E-state index in [1.807, 2.05) is 0 Å². The SMILES string of the molecule is CCC(NC1CC(C)(C)CC(C)(C)C1)c1ccc(C)cc1. The van der Waals surface area contributed by atoms with Gasteiger partial charge in [0, 0.05) is 12.1 Å². The lowest BCUT2D eigenvalue weighted by Gasteiger charge is -2.46. The van der Waals surface area contributed by atoms with Crippen molar-refractivity contribution in [3.05, 3.63) is 35.4 Å². The highest BCUT2D eigenvalue weighted by Gasteiger charge is 2.38. The van der Waals surface area contributed by atoms with E-state index in [0.717, 1.165) is 6.42 Å². The van der Waals surface area contributed by atoms with Crippen molar-refractivity contribution in [3.8, 4) is 0 Å². The van der Waals surface area contributed by atoms with Crippen LogP contribution in [0.4, 0.5) is 0 Å². The summed E-state index contributed by atoms with van der Waals surface area (Å²) in [7, 11) is 0. The average molecular weight is 287 g/mol. The first kappa shape index (κ1) is 16.5. The minimum Gasteiger partial charge on any atom is -0.307 e. The summed E-state index contributed by atoms with van der Waals surface area (Å²) in [4.78, 5) is 0. The molecule has 0 aromatic heterocycles. The summed E-state index contributed by atoms with van der Waals surface area (Å²) in [6.07, 6.45) is 5.07. The van der Waals surface area contributed by atoms with Crippen molar-refractivity contribution in [2.24, 2.45) is 10.8 Å². The molecule has 1 fully saturated rings. The normalized spacial score (nSPS) is 23.0. The molecule has 1 atom stereocenters. The van der Waals surface area contributed by atoms with Crippen LogP contribution >= 0.6 is 0 Å². The van der Waals surface area contributed by atoms with E-state index in [0.29, 0.717) is 22.9 Å². The highest BCUT2D eigenvalue weighted by atomic mass is 15.0. The number of aryl methyl sites for hydroxylation is 1. The van der Waals surface area contributed by atoms with Crippen molar-refractivity contribution < 1.29 is 0 Å². The zero-order valence-corrected chi connectivity index (χ0v) is 14.8. The van der Waals surface area contributed by atoms with Crippen LogP contribution in [0.5, 0.6) is 0 Å². The summed E-state index contributed by atoms with van der Waals surface area (Å²) in [6.45, 7) is 14.1. The van der Waals surface area contributed by atoms with E-state index in [1.165, 1.54) is 30.4 Å². The quantitative estimate of drug-likeness (QED) is 0.755. The topological polar surface area (TPSA) is 12.0 Å². The maximum absolute atomic E-state index is 3.95. The minimum absolute atomic E-state index is 0.449. The third-order valence-corrected chi connectivity index (χ3v) is 4.88. The summed E-state index contributed by atoms with van der Waals surface area (Å²) < 4.78 is 0. The van der Waals surface area contributed by atoms with Crippen LogP contribution in [0.2, 0.25) is 0 Å². The molecule has 0 aliphatic heterocycles. The summed E-state index contributed by atoms with van der Waals surface area (Å²) in [5.41, 5.74) is 3.67. The van der Waals surface area contributed by atoms with Gasteiger partial charge >= 0.3 is 0 Å². The van der Waals surface area contributed by atoms with Crippen LogP contribution < -0.4 is 5.32 Å². The molecule has 21 heavy (non-hydrogen) atoms. The fourth-order valence-corrected chi connectivity index (χ4v) is 4.50. The maximum Gasteiger partial charge on any atom is 0.0320 e. The molecule has 1 N–H and O–H groups in total. The fourth-order valence-electron chi connectivity index (χ4n) is 4.50. The van der Waals surface area contributed by atoms with Gasteiger partial charge in [-0.2, -0.15) is 0 Å². The number of hydrogen-bond acceptors (Lipinski definition) is 1. The van der Waals surface area contributed by atoms with Crippen LogP contribution in [0.1, 0.15) is 77.5 Å². The Labute approximate surface area is 131 Å². The number of benzene rings is 1. The van der Waals surface area contributed by atoms with E-state index in [9.17, 15) is 0 Å². The van der Waals surface area contributed by atoms with Gasteiger partial charge in [0.05, 0.1) is 0 Å². The Bertz CT molecular complexity index is 439. The second kappa shape index (κ2) is 6.12. The lowest BCUT2D eigenvalue weighted by atomic mass is 9.63. The van der Waals surface area contributed by atoms with Crippen molar-refractivity contribution in [1.82, 2.24) is 5.32 Å². The molecule has 1 aliphatic carbocycles. The Morgan fingerprint density at radius 2 is 1.57 bits per heavy atom. The van der Waals surface area contributed by atoms with E-state index in [4.69, 9.17) is 0 Å². The van der Waals surface area contributed by atoms with E-state index in [2.05, 4.69) is 71.1 Å². The molecule has 118 valence electrons. The predicted octanol–water partition coefficient (Wildman–Crippen LogP) is 5.64. The number of hydrogen-bond donors (Lipinski definition) is 1. The molecule has 1 saturated carbocycles. The molecule has 1 heteroatoms. The Kier molecular flexibility index (Phi) is 4.82. The van der Waals surface area contributed by atoms with Gasteiger partial charge < -0.3 is 5.32 Å². The maximum atomic E-state index is 3.95. The van der Waals surface area contributed by atoms with Crippen molar-refractivity contribution in [1.29, 1.82) is 0 Å². The first-order valence-electron chi connectivity index (χ1n) is 8.53. The van der Waals surface area contributed by atoms with Gasteiger partial charge in [0.15, 0.2) is 0 Å². The standard InChI is InChI=1S/C20H33N/c1-7-18(16-10-8-15(2)9-11-16)21-17-12-19(3,4)14-20(5,6)13-17/h8-11,17-18,21H,7,12-14H2,1-6H3. The molecule has 0 amide bonds. The van der Waals surface area contributed by atoms with Crippen LogP contribution in [0, 0.1) is 17.8 Å². The number of nitrogens with one attached hydrogen (secondary N) is 1. The Hall–Kier alpha value is -0.820. The third-order valence-electron chi connectivity index (χ3n) is 4.88. The monoisotopic (exact) mass is 287 g/mol. The molecular formula is C20H33N. The van der Waals surface area contributed by atoms with Crippen LogP contribution in [-0.2, 0) is 0 Å². The second-order valence-electron chi connectivity index (χ2n) is 8.65. The van der Waals surface area contributed by atoms with E-state index in [-0.39, 0.29) is 0 Å². The molecule has 2 rings (SSSR count). The van der Waals surface area contributed by atoms with Crippen LogP contribution in [0.3, 0.4) is 0 Å². The summed E-state index contributed by atoms with van der Waals surface area (Å²) in [5.74, 6) is 0. The van der Waals surface area contributed by atoms with Crippen LogP contribution in [0.25, 0.3) is 0 Å². The van der Waals surface area contributed by atoms with Gasteiger partial charge in [-0.25, -0.2) is 0 Å². The largest absolute Gasteiger partial charge is 0.307 e. The van der Waals surface area contributed by atoms with Gasteiger partial charge in [0.1, 0.15) is 0 Å². The zero-order chi connectivity index (χ0) is 15.7. The highest BCUT2D eigenvalue weighted by Crippen LogP contribution is 2.46. The smallest absolute Gasteiger partial charge is 0.0320 e. The first-order valence-corrected chi connectivity index (χ1v) is 8.53. The molecule has 0 radical (unpaired) electrons.